The Bertz CT molecular complexity index is 831. The van der Waals surface area contributed by atoms with Crippen LogP contribution < -0.4 is 27.8 Å². The molecule has 29 heavy (non-hydrogen) atoms. The maximum Gasteiger partial charge on any atom is 0.251 e. The predicted molar refractivity (Wildman–Crippen MR) is 114 cm³/mol. The number of unbranched alkanes of at least 4 members (excludes halogenated alkanes) is 2. The summed E-state index contributed by atoms with van der Waals surface area (Å²) >= 11 is 0. The lowest BCUT2D eigenvalue weighted by Crippen LogP contribution is -2.26. The molecule has 154 valence electrons. The fourth-order valence-electron chi connectivity index (χ4n) is 2.69. The SMILES string of the molecule is N=C(N)c1ccc(C(=O)NCCCCCNC(=O)c2ccc(C(N)N)cc2)cc1. The van der Waals surface area contributed by atoms with E-state index in [1.54, 1.807) is 48.5 Å². The Morgan fingerprint density at radius 2 is 1.17 bits per heavy atom. The van der Waals surface area contributed by atoms with Gasteiger partial charge in [-0.2, -0.15) is 0 Å². The van der Waals surface area contributed by atoms with Gasteiger partial charge in [-0.1, -0.05) is 24.3 Å². The van der Waals surface area contributed by atoms with Crippen molar-refractivity contribution in [3.8, 4) is 0 Å². The van der Waals surface area contributed by atoms with E-state index < -0.39 is 6.17 Å². The van der Waals surface area contributed by atoms with Crippen LogP contribution in [0.2, 0.25) is 0 Å². The van der Waals surface area contributed by atoms with Gasteiger partial charge in [-0.3, -0.25) is 15.0 Å². The molecule has 0 aliphatic heterocycles. The van der Waals surface area contributed by atoms with Crippen LogP contribution in [-0.2, 0) is 0 Å². The fourth-order valence-corrected chi connectivity index (χ4v) is 2.69. The standard InChI is InChI=1S/C21H28N6O2/c22-18(23)14-4-8-16(9-5-14)20(28)26-12-2-1-3-13-27-21(29)17-10-6-15(7-11-17)19(24)25/h4-11,18H,1-3,12-13,22-23H2,(H3,24,25)(H,26,28)(H,27,29). The molecule has 0 fully saturated rings. The van der Waals surface area contributed by atoms with E-state index in [0.717, 1.165) is 24.8 Å². The molecule has 0 heterocycles. The Balaban J connectivity index is 1.60. The van der Waals surface area contributed by atoms with Crippen molar-refractivity contribution < 1.29 is 9.59 Å². The van der Waals surface area contributed by atoms with E-state index in [0.29, 0.717) is 29.8 Å². The number of hydrogen-bond acceptors (Lipinski definition) is 5. The van der Waals surface area contributed by atoms with E-state index in [9.17, 15) is 9.59 Å². The van der Waals surface area contributed by atoms with Crippen LogP contribution in [0, 0.1) is 5.41 Å². The van der Waals surface area contributed by atoms with E-state index >= 15 is 0 Å². The summed E-state index contributed by atoms with van der Waals surface area (Å²) in [7, 11) is 0. The van der Waals surface area contributed by atoms with Crippen molar-refractivity contribution in [2.75, 3.05) is 13.1 Å². The van der Waals surface area contributed by atoms with Crippen molar-refractivity contribution in [1.82, 2.24) is 10.6 Å². The van der Waals surface area contributed by atoms with Crippen molar-refractivity contribution in [1.29, 1.82) is 5.41 Å². The first-order valence-corrected chi connectivity index (χ1v) is 9.50. The molecule has 0 unspecified atom stereocenters. The smallest absolute Gasteiger partial charge is 0.251 e. The Hall–Kier alpha value is -3.23. The minimum atomic E-state index is -0.549. The number of carbonyl (C=O) groups is 2. The molecule has 0 aliphatic rings. The number of benzene rings is 2. The molecule has 2 rings (SSSR count). The van der Waals surface area contributed by atoms with Gasteiger partial charge >= 0.3 is 0 Å². The number of carbonyl (C=O) groups excluding carboxylic acids is 2. The summed E-state index contributed by atoms with van der Waals surface area (Å²) in [6.45, 7) is 1.12. The number of nitrogen functional groups attached to an aromatic ring is 1. The maximum absolute atomic E-state index is 12.1. The van der Waals surface area contributed by atoms with Gasteiger partial charge in [0.25, 0.3) is 11.8 Å². The lowest BCUT2D eigenvalue weighted by molar-refractivity contribution is 0.0947. The predicted octanol–water partition coefficient (Wildman–Crippen LogP) is 1.22. The van der Waals surface area contributed by atoms with Crippen molar-refractivity contribution >= 4 is 17.6 Å². The van der Waals surface area contributed by atoms with E-state index in [4.69, 9.17) is 22.6 Å². The lowest BCUT2D eigenvalue weighted by atomic mass is 10.1. The third-order valence-electron chi connectivity index (χ3n) is 4.44. The molecule has 0 bridgehead atoms. The van der Waals surface area contributed by atoms with E-state index in [2.05, 4.69) is 10.6 Å². The molecular weight excluding hydrogens is 368 g/mol. The molecule has 2 aromatic rings. The summed E-state index contributed by atoms with van der Waals surface area (Å²) in [6, 6.07) is 13.5. The molecule has 2 amide bonds. The highest BCUT2D eigenvalue weighted by Gasteiger charge is 2.07. The van der Waals surface area contributed by atoms with Crippen molar-refractivity contribution in [3.63, 3.8) is 0 Å². The number of nitrogens with one attached hydrogen (secondary N) is 3. The van der Waals surface area contributed by atoms with Gasteiger partial charge in [-0.25, -0.2) is 0 Å². The Morgan fingerprint density at radius 1 is 0.759 bits per heavy atom. The zero-order chi connectivity index (χ0) is 21.2. The van der Waals surface area contributed by atoms with Gasteiger partial charge < -0.3 is 27.8 Å². The van der Waals surface area contributed by atoms with Crippen LogP contribution in [0.3, 0.4) is 0 Å². The van der Waals surface area contributed by atoms with Gasteiger partial charge in [-0.15, -0.1) is 0 Å². The molecule has 8 nitrogen and oxygen atoms in total. The van der Waals surface area contributed by atoms with Gasteiger partial charge in [0.2, 0.25) is 0 Å². The summed E-state index contributed by atoms with van der Waals surface area (Å²) in [4.78, 5) is 24.1. The molecule has 0 spiro atoms. The third-order valence-corrected chi connectivity index (χ3v) is 4.44. The zero-order valence-corrected chi connectivity index (χ0v) is 16.3. The molecule has 0 aromatic heterocycles. The molecule has 0 aliphatic carbocycles. The van der Waals surface area contributed by atoms with Crippen LogP contribution in [-0.4, -0.2) is 30.7 Å². The second kappa shape index (κ2) is 10.9. The molecule has 0 radical (unpaired) electrons. The van der Waals surface area contributed by atoms with Crippen molar-refractivity contribution in [2.45, 2.75) is 25.4 Å². The van der Waals surface area contributed by atoms with Crippen molar-refractivity contribution in [2.24, 2.45) is 17.2 Å². The Kier molecular flexibility index (Phi) is 8.32. The average Bonchev–Trinajstić information content (AvgIpc) is 2.72. The van der Waals surface area contributed by atoms with Crippen LogP contribution in [0.5, 0.6) is 0 Å². The van der Waals surface area contributed by atoms with E-state index in [1.165, 1.54) is 0 Å². The first-order chi connectivity index (χ1) is 13.9. The number of hydrogen-bond donors (Lipinski definition) is 6. The molecule has 9 N–H and O–H groups in total. The van der Waals surface area contributed by atoms with Gasteiger partial charge in [0.05, 0.1) is 6.17 Å². The average molecular weight is 396 g/mol. The van der Waals surface area contributed by atoms with E-state index in [-0.39, 0.29) is 17.6 Å². The van der Waals surface area contributed by atoms with Gasteiger partial charge in [0.1, 0.15) is 5.84 Å². The lowest BCUT2D eigenvalue weighted by Gasteiger charge is -2.08. The highest BCUT2D eigenvalue weighted by atomic mass is 16.2. The van der Waals surface area contributed by atoms with Crippen LogP contribution in [0.1, 0.15) is 57.3 Å². The maximum atomic E-state index is 12.1. The molecule has 0 saturated carbocycles. The normalized spacial score (nSPS) is 10.6. The summed E-state index contributed by atoms with van der Waals surface area (Å²) in [5, 5.41) is 13.1. The van der Waals surface area contributed by atoms with Gasteiger partial charge in [0, 0.05) is 29.8 Å². The van der Waals surface area contributed by atoms with Crippen LogP contribution in [0.4, 0.5) is 0 Å². The van der Waals surface area contributed by atoms with Crippen LogP contribution in [0.25, 0.3) is 0 Å². The quantitative estimate of drug-likeness (QED) is 0.154. The second-order valence-electron chi connectivity index (χ2n) is 6.71. The molecule has 8 heteroatoms. The largest absolute Gasteiger partial charge is 0.384 e. The Morgan fingerprint density at radius 3 is 1.59 bits per heavy atom. The molecule has 2 aromatic carbocycles. The number of amidine groups is 1. The third kappa shape index (κ3) is 7.02. The van der Waals surface area contributed by atoms with E-state index in [1.807, 2.05) is 0 Å². The highest BCUT2D eigenvalue weighted by Crippen LogP contribution is 2.08. The second-order valence-corrected chi connectivity index (χ2v) is 6.71. The van der Waals surface area contributed by atoms with Crippen molar-refractivity contribution in [3.05, 3.63) is 70.8 Å². The van der Waals surface area contributed by atoms with Crippen LogP contribution >= 0.6 is 0 Å². The molecule has 0 atom stereocenters. The number of nitrogens with two attached hydrogens (primary N) is 3. The minimum Gasteiger partial charge on any atom is -0.384 e. The summed E-state index contributed by atoms with van der Waals surface area (Å²) in [5.41, 5.74) is 19.0. The van der Waals surface area contributed by atoms with Gasteiger partial charge in [-0.05, 0) is 49.1 Å². The Labute approximate surface area is 170 Å². The summed E-state index contributed by atoms with van der Waals surface area (Å²) in [5.74, 6) is -0.320. The fraction of sp³-hybridized carbons (Fsp3) is 0.286. The van der Waals surface area contributed by atoms with Crippen LogP contribution in [0.15, 0.2) is 48.5 Å². The first kappa shape index (κ1) is 22.1. The topological polar surface area (TPSA) is 160 Å². The zero-order valence-electron chi connectivity index (χ0n) is 16.3. The molecular formula is C21H28N6O2. The number of rotatable bonds is 10. The minimum absolute atomic E-state index is 0.0270. The monoisotopic (exact) mass is 396 g/mol. The summed E-state index contributed by atoms with van der Waals surface area (Å²) < 4.78 is 0. The highest BCUT2D eigenvalue weighted by molar-refractivity contribution is 5.98. The number of amides is 2. The first-order valence-electron chi connectivity index (χ1n) is 9.50. The summed E-state index contributed by atoms with van der Waals surface area (Å²) in [6.07, 6.45) is 1.97. The van der Waals surface area contributed by atoms with Gasteiger partial charge in [0.15, 0.2) is 0 Å². The molecule has 0 saturated heterocycles.